The van der Waals surface area contributed by atoms with E-state index in [2.05, 4.69) is 25.4 Å². The Bertz CT molecular complexity index is 528. The van der Waals surface area contributed by atoms with E-state index in [9.17, 15) is 4.79 Å². The number of anilines is 1. The molecule has 0 aliphatic heterocycles. The molecule has 2 aromatic rings. The first kappa shape index (κ1) is 12.5. The molecule has 2 heterocycles. The van der Waals surface area contributed by atoms with E-state index >= 15 is 0 Å². The summed E-state index contributed by atoms with van der Waals surface area (Å²) >= 11 is 1.64. The highest BCUT2D eigenvalue weighted by molar-refractivity contribution is 7.07. The predicted octanol–water partition coefficient (Wildman–Crippen LogP) is 2.50. The summed E-state index contributed by atoms with van der Waals surface area (Å²) in [5, 5.41) is 7.30. The molecule has 18 heavy (non-hydrogen) atoms. The van der Waals surface area contributed by atoms with Crippen molar-refractivity contribution < 1.29 is 9.53 Å². The lowest BCUT2D eigenvalue weighted by Gasteiger charge is -2.13. The summed E-state index contributed by atoms with van der Waals surface area (Å²) < 4.78 is 4.58. The molecule has 1 unspecified atom stereocenters. The van der Waals surface area contributed by atoms with Gasteiger partial charge >= 0.3 is 5.97 Å². The van der Waals surface area contributed by atoms with E-state index in [4.69, 9.17) is 0 Å². The fourth-order valence-corrected chi connectivity index (χ4v) is 2.21. The Morgan fingerprint density at radius 2 is 2.33 bits per heavy atom. The third-order valence-electron chi connectivity index (χ3n) is 2.43. The van der Waals surface area contributed by atoms with Crippen LogP contribution in [0, 0.1) is 0 Å². The number of rotatable bonds is 4. The van der Waals surface area contributed by atoms with Gasteiger partial charge in [-0.15, -0.1) is 0 Å². The van der Waals surface area contributed by atoms with E-state index in [0.29, 0.717) is 5.82 Å². The molecule has 94 valence electrons. The first-order valence-corrected chi connectivity index (χ1v) is 6.35. The van der Waals surface area contributed by atoms with E-state index in [1.54, 1.807) is 17.4 Å². The zero-order chi connectivity index (χ0) is 13.0. The van der Waals surface area contributed by atoms with E-state index in [1.807, 2.05) is 18.4 Å². The average Bonchev–Trinajstić information content (AvgIpc) is 2.92. The topological polar surface area (TPSA) is 64.1 Å². The summed E-state index contributed by atoms with van der Waals surface area (Å²) in [7, 11) is 1.31. The first-order valence-electron chi connectivity index (χ1n) is 5.40. The van der Waals surface area contributed by atoms with Crippen LogP contribution in [0.5, 0.6) is 0 Å². The number of nitrogens with one attached hydrogen (secondary N) is 1. The predicted molar refractivity (Wildman–Crippen MR) is 69.7 cm³/mol. The fraction of sp³-hybridized carbons (Fsp3) is 0.250. The van der Waals surface area contributed by atoms with Gasteiger partial charge in [0.05, 0.1) is 13.2 Å². The van der Waals surface area contributed by atoms with Crippen molar-refractivity contribution in [2.75, 3.05) is 12.4 Å². The second-order valence-corrected chi connectivity index (χ2v) is 4.46. The molecule has 0 amide bonds. The van der Waals surface area contributed by atoms with Gasteiger partial charge < -0.3 is 10.1 Å². The monoisotopic (exact) mass is 263 g/mol. The third-order valence-corrected chi connectivity index (χ3v) is 3.13. The lowest BCUT2D eigenvalue weighted by Crippen LogP contribution is -2.11. The van der Waals surface area contributed by atoms with Crippen molar-refractivity contribution in [1.29, 1.82) is 0 Å². The molecule has 0 bridgehead atoms. The SMILES string of the molecule is COC(=O)c1nccc(NC(C)c2ccsc2)n1. The number of carbonyl (C=O) groups is 1. The average molecular weight is 263 g/mol. The summed E-state index contributed by atoms with van der Waals surface area (Å²) in [4.78, 5) is 19.3. The Morgan fingerprint density at radius 3 is 3.00 bits per heavy atom. The number of esters is 1. The minimum atomic E-state index is -0.540. The van der Waals surface area contributed by atoms with E-state index in [-0.39, 0.29) is 11.9 Å². The van der Waals surface area contributed by atoms with Gasteiger partial charge in [0.2, 0.25) is 5.82 Å². The highest BCUT2D eigenvalue weighted by Gasteiger charge is 2.11. The standard InChI is InChI=1S/C12H13N3O2S/c1-8(9-4-6-18-7-9)14-10-3-5-13-11(15-10)12(16)17-2/h3-8H,1-2H3,(H,13,14,15). The minimum absolute atomic E-state index is 0.0556. The highest BCUT2D eigenvalue weighted by atomic mass is 32.1. The van der Waals surface area contributed by atoms with Crippen LogP contribution in [0.25, 0.3) is 0 Å². The van der Waals surface area contributed by atoms with E-state index < -0.39 is 5.97 Å². The maximum absolute atomic E-state index is 11.3. The van der Waals surface area contributed by atoms with Gasteiger partial charge in [-0.05, 0) is 35.4 Å². The van der Waals surface area contributed by atoms with Crippen molar-refractivity contribution >= 4 is 23.1 Å². The van der Waals surface area contributed by atoms with Crippen LogP contribution in [0.3, 0.4) is 0 Å². The zero-order valence-electron chi connectivity index (χ0n) is 10.1. The molecule has 6 heteroatoms. The number of hydrogen-bond donors (Lipinski definition) is 1. The van der Waals surface area contributed by atoms with Gasteiger partial charge in [-0.25, -0.2) is 14.8 Å². The number of thiophene rings is 1. The maximum atomic E-state index is 11.3. The molecule has 0 aliphatic rings. The molecule has 0 aliphatic carbocycles. The number of methoxy groups -OCH3 is 1. The molecular weight excluding hydrogens is 250 g/mol. The normalized spacial score (nSPS) is 11.9. The molecule has 1 N–H and O–H groups in total. The largest absolute Gasteiger partial charge is 0.463 e. The van der Waals surface area contributed by atoms with Crippen molar-refractivity contribution in [2.24, 2.45) is 0 Å². The zero-order valence-corrected chi connectivity index (χ0v) is 10.9. The van der Waals surface area contributed by atoms with E-state index in [0.717, 1.165) is 0 Å². The van der Waals surface area contributed by atoms with Crippen molar-refractivity contribution in [1.82, 2.24) is 9.97 Å². The molecule has 0 aromatic carbocycles. The summed E-state index contributed by atoms with van der Waals surface area (Å²) in [5.41, 5.74) is 1.18. The van der Waals surface area contributed by atoms with E-state index in [1.165, 1.54) is 18.9 Å². The van der Waals surface area contributed by atoms with Gasteiger partial charge in [-0.2, -0.15) is 11.3 Å². The van der Waals surface area contributed by atoms with Gasteiger partial charge in [0.25, 0.3) is 0 Å². The molecule has 0 radical (unpaired) electrons. The van der Waals surface area contributed by atoms with Crippen LogP contribution >= 0.6 is 11.3 Å². The van der Waals surface area contributed by atoms with Gasteiger partial charge in [-0.1, -0.05) is 0 Å². The van der Waals surface area contributed by atoms with Crippen molar-refractivity contribution in [3.05, 3.63) is 40.5 Å². The van der Waals surface area contributed by atoms with Gasteiger partial charge in [0.15, 0.2) is 0 Å². The first-order chi connectivity index (χ1) is 8.70. The number of aromatic nitrogens is 2. The van der Waals surface area contributed by atoms with Crippen molar-refractivity contribution in [3.63, 3.8) is 0 Å². The van der Waals surface area contributed by atoms with Crippen LogP contribution < -0.4 is 5.32 Å². The molecule has 5 nitrogen and oxygen atoms in total. The van der Waals surface area contributed by atoms with Crippen molar-refractivity contribution in [3.8, 4) is 0 Å². The van der Waals surface area contributed by atoms with Crippen LogP contribution in [-0.2, 0) is 4.74 Å². The molecule has 0 fully saturated rings. The lowest BCUT2D eigenvalue weighted by molar-refractivity contribution is 0.0587. The Balaban J connectivity index is 2.12. The maximum Gasteiger partial charge on any atom is 0.376 e. The molecule has 0 spiro atoms. The Hall–Kier alpha value is -1.95. The molecule has 2 rings (SSSR count). The van der Waals surface area contributed by atoms with Crippen LogP contribution in [0.1, 0.15) is 29.1 Å². The van der Waals surface area contributed by atoms with Crippen molar-refractivity contribution in [2.45, 2.75) is 13.0 Å². The van der Waals surface area contributed by atoms with Gasteiger partial charge in [0.1, 0.15) is 5.82 Å². The summed E-state index contributed by atoms with van der Waals surface area (Å²) in [5.74, 6) is 0.117. The Morgan fingerprint density at radius 1 is 1.50 bits per heavy atom. The number of nitrogens with zero attached hydrogens (tertiary/aromatic N) is 2. The van der Waals surface area contributed by atoms with Crippen LogP contribution in [-0.4, -0.2) is 23.0 Å². The summed E-state index contributed by atoms with van der Waals surface area (Å²) in [6, 6.07) is 3.89. The third kappa shape index (κ3) is 2.84. The number of hydrogen-bond acceptors (Lipinski definition) is 6. The quantitative estimate of drug-likeness (QED) is 0.859. The summed E-state index contributed by atoms with van der Waals surface area (Å²) in [6.45, 7) is 2.03. The second kappa shape index (κ2) is 5.59. The summed E-state index contributed by atoms with van der Waals surface area (Å²) in [6.07, 6.45) is 1.53. The Labute approximate surface area is 109 Å². The molecule has 1 atom stereocenters. The fourth-order valence-electron chi connectivity index (χ4n) is 1.46. The molecule has 0 saturated carbocycles. The Kier molecular flexibility index (Phi) is 3.88. The van der Waals surface area contributed by atoms with Gasteiger partial charge in [0, 0.05) is 6.20 Å². The highest BCUT2D eigenvalue weighted by Crippen LogP contribution is 2.19. The van der Waals surface area contributed by atoms with Crippen LogP contribution in [0.4, 0.5) is 5.82 Å². The smallest absolute Gasteiger partial charge is 0.376 e. The molecule has 0 saturated heterocycles. The van der Waals surface area contributed by atoms with Crippen LogP contribution in [0.2, 0.25) is 0 Å². The second-order valence-electron chi connectivity index (χ2n) is 3.68. The minimum Gasteiger partial charge on any atom is -0.463 e. The van der Waals surface area contributed by atoms with Crippen LogP contribution in [0.15, 0.2) is 29.1 Å². The lowest BCUT2D eigenvalue weighted by atomic mass is 10.2. The number of ether oxygens (including phenoxy) is 1. The number of carbonyl (C=O) groups excluding carboxylic acids is 1. The van der Waals surface area contributed by atoms with Gasteiger partial charge in [-0.3, -0.25) is 0 Å². The molecular formula is C12H13N3O2S. The molecule has 2 aromatic heterocycles.